The zero-order valence-corrected chi connectivity index (χ0v) is 17.3. The van der Waals surface area contributed by atoms with Crippen LogP contribution >= 0.6 is 0 Å². The van der Waals surface area contributed by atoms with Gasteiger partial charge in [0.15, 0.2) is 0 Å². The fourth-order valence-corrected chi connectivity index (χ4v) is 3.12. The molecule has 0 bridgehead atoms. The number of carbonyl (C=O) groups excluding carboxylic acids is 1. The Morgan fingerprint density at radius 2 is 1.66 bits per heavy atom. The van der Waals surface area contributed by atoms with E-state index in [1.54, 1.807) is 0 Å². The Morgan fingerprint density at radius 1 is 1.00 bits per heavy atom. The molecule has 1 heterocycles. The fourth-order valence-electron chi connectivity index (χ4n) is 3.12. The molecule has 0 saturated heterocycles. The van der Waals surface area contributed by atoms with Gasteiger partial charge in [-0.05, 0) is 43.2 Å². The molecule has 6 heteroatoms. The molecule has 0 spiro atoms. The van der Waals surface area contributed by atoms with Crippen molar-refractivity contribution in [1.29, 1.82) is 0 Å². The minimum absolute atomic E-state index is 0.00135. The Labute approximate surface area is 172 Å². The molecule has 0 aliphatic carbocycles. The minimum Gasteiger partial charge on any atom is -0.363 e. The van der Waals surface area contributed by atoms with Gasteiger partial charge in [-0.1, -0.05) is 37.3 Å². The Kier molecular flexibility index (Phi) is 6.44. The maximum atomic E-state index is 12.7. The van der Waals surface area contributed by atoms with E-state index in [2.05, 4.69) is 20.6 Å². The second kappa shape index (κ2) is 9.19. The molecule has 3 rings (SSSR count). The van der Waals surface area contributed by atoms with Gasteiger partial charge in [-0.2, -0.15) is 0 Å². The number of anilines is 4. The summed E-state index contributed by atoms with van der Waals surface area (Å²) in [6.45, 7) is 3.89. The molecule has 3 aromatic rings. The number of nitrogens with zero attached hydrogens (tertiary/aromatic N) is 3. The van der Waals surface area contributed by atoms with Crippen molar-refractivity contribution in [3.8, 4) is 0 Å². The van der Waals surface area contributed by atoms with Crippen molar-refractivity contribution < 1.29 is 4.79 Å². The Morgan fingerprint density at radius 3 is 2.28 bits per heavy atom. The van der Waals surface area contributed by atoms with Crippen LogP contribution in [0.2, 0.25) is 0 Å². The lowest BCUT2D eigenvalue weighted by atomic mass is 9.95. The Balaban J connectivity index is 1.68. The lowest BCUT2D eigenvalue weighted by molar-refractivity contribution is -0.117. The molecule has 150 valence electrons. The Hall–Kier alpha value is -3.41. The summed E-state index contributed by atoms with van der Waals surface area (Å²) in [5, 5.41) is 6.31. The first-order chi connectivity index (χ1) is 14.0. The fraction of sp³-hybridized carbons (Fsp3) is 0.261. The summed E-state index contributed by atoms with van der Waals surface area (Å²) in [7, 11) is 3.89. The van der Waals surface area contributed by atoms with Crippen LogP contribution in [0.5, 0.6) is 0 Å². The first kappa shape index (κ1) is 20.3. The lowest BCUT2D eigenvalue weighted by Gasteiger charge is -2.16. The second-order valence-electron chi connectivity index (χ2n) is 7.12. The standard InChI is InChI=1S/C23H27N5O/c1-5-20(17-9-7-6-8-10-17)23(29)27-19-13-11-18(12-14-19)26-21-15-22(28(3)4)25-16(2)24-21/h6-15,20H,5H2,1-4H3,(H,27,29)(H,24,25,26). The van der Waals surface area contributed by atoms with Crippen molar-refractivity contribution in [1.82, 2.24) is 9.97 Å². The van der Waals surface area contributed by atoms with Crippen LogP contribution in [0.1, 0.15) is 30.7 Å². The van der Waals surface area contributed by atoms with Crippen LogP contribution in [0.25, 0.3) is 0 Å². The zero-order chi connectivity index (χ0) is 20.8. The van der Waals surface area contributed by atoms with Gasteiger partial charge in [0.1, 0.15) is 17.5 Å². The summed E-state index contributed by atoms with van der Waals surface area (Å²) in [6.07, 6.45) is 0.747. The second-order valence-corrected chi connectivity index (χ2v) is 7.12. The molecular weight excluding hydrogens is 362 g/mol. The summed E-state index contributed by atoms with van der Waals surface area (Å²) in [5.74, 6) is 2.11. The summed E-state index contributed by atoms with van der Waals surface area (Å²) in [4.78, 5) is 23.5. The number of rotatable bonds is 7. The van der Waals surface area contributed by atoms with Gasteiger partial charge in [0.05, 0.1) is 5.92 Å². The zero-order valence-electron chi connectivity index (χ0n) is 17.3. The van der Waals surface area contributed by atoms with Gasteiger partial charge in [0.2, 0.25) is 5.91 Å². The number of amides is 1. The average Bonchev–Trinajstić information content (AvgIpc) is 2.70. The van der Waals surface area contributed by atoms with E-state index in [0.717, 1.165) is 35.0 Å². The van der Waals surface area contributed by atoms with Crippen LogP contribution < -0.4 is 15.5 Å². The van der Waals surface area contributed by atoms with Gasteiger partial charge >= 0.3 is 0 Å². The predicted octanol–water partition coefficient (Wildman–Crippen LogP) is 4.73. The highest BCUT2D eigenvalue weighted by Gasteiger charge is 2.18. The van der Waals surface area contributed by atoms with Gasteiger partial charge < -0.3 is 15.5 Å². The van der Waals surface area contributed by atoms with Crippen LogP contribution in [-0.4, -0.2) is 30.0 Å². The van der Waals surface area contributed by atoms with E-state index in [4.69, 9.17) is 0 Å². The van der Waals surface area contributed by atoms with Crippen LogP contribution in [-0.2, 0) is 4.79 Å². The van der Waals surface area contributed by atoms with Gasteiger partial charge in [-0.15, -0.1) is 0 Å². The number of aromatic nitrogens is 2. The molecule has 0 saturated carbocycles. The number of hydrogen-bond donors (Lipinski definition) is 2. The molecule has 0 aliphatic rings. The number of benzene rings is 2. The van der Waals surface area contributed by atoms with E-state index < -0.39 is 0 Å². The number of aryl methyl sites for hydroxylation is 1. The highest BCUT2D eigenvalue weighted by molar-refractivity contribution is 5.96. The molecule has 0 radical (unpaired) electrons. The van der Waals surface area contributed by atoms with Crippen LogP contribution in [0.15, 0.2) is 60.7 Å². The molecule has 1 atom stereocenters. The molecule has 1 aromatic heterocycles. The first-order valence-electron chi connectivity index (χ1n) is 9.72. The van der Waals surface area contributed by atoms with E-state index in [0.29, 0.717) is 5.82 Å². The summed E-state index contributed by atoms with van der Waals surface area (Å²) in [5.41, 5.74) is 2.69. The van der Waals surface area contributed by atoms with Crippen LogP contribution in [0.3, 0.4) is 0 Å². The monoisotopic (exact) mass is 389 g/mol. The highest BCUT2D eigenvalue weighted by Crippen LogP contribution is 2.23. The topological polar surface area (TPSA) is 70.2 Å². The molecular formula is C23H27N5O. The maximum Gasteiger partial charge on any atom is 0.231 e. The molecule has 0 fully saturated rings. The molecule has 6 nitrogen and oxygen atoms in total. The largest absolute Gasteiger partial charge is 0.363 e. The van der Waals surface area contributed by atoms with Gasteiger partial charge in [0, 0.05) is 31.5 Å². The maximum absolute atomic E-state index is 12.7. The summed E-state index contributed by atoms with van der Waals surface area (Å²) < 4.78 is 0. The van der Waals surface area contributed by atoms with Gasteiger partial charge in [0.25, 0.3) is 0 Å². The molecule has 2 aromatic carbocycles. The third kappa shape index (κ3) is 5.31. The minimum atomic E-state index is -0.164. The lowest BCUT2D eigenvalue weighted by Crippen LogP contribution is -2.20. The quantitative estimate of drug-likeness (QED) is 0.611. The number of hydrogen-bond acceptors (Lipinski definition) is 5. The Bertz CT molecular complexity index is 955. The van der Waals surface area contributed by atoms with E-state index in [1.165, 1.54) is 0 Å². The van der Waals surface area contributed by atoms with Crippen molar-refractivity contribution in [3.63, 3.8) is 0 Å². The van der Waals surface area contributed by atoms with Crippen molar-refractivity contribution >= 4 is 28.9 Å². The average molecular weight is 390 g/mol. The smallest absolute Gasteiger partial charge is 0.231 e. The molecule has 0 aliphatic heterocycles. The SMILES string of the molecule is CCC(C(=O)Nc1ccc(Nc2cc(N(C)C)nc(C)n2)cc1)c1ccccc1. The number of carbonyl (C=O) groups is 1. The summed E-state index contributed by atoms with van der Waals surface area (Å²) in [6, 6.07) is 19.4. The molecule has 29 heavy (non-hydrogen) atoms. The van der Waals surface area contributed by atoms with Crippen LogP contribution in [0.4, 0.5) is 23.0 Å². The van der Waals surface area contributed by atoms with Crippen molar-refractivity contribution in [2.45, 2.75) is 26.2 Å². The van der Waals surface area contributed by atoms with E-state index in [-0.39, 0.29) is 11.8 Å². The van der Waals surface area contributed by atoms with Crippen molar-refractivity contribution in [2.75, 3.05) is 29.6 Å². The molecule has 1 unspecified atom stereocenters. The van der Waals surface area contributed by atoms with Crippen molar-refractivity contribution in [3.05, 3.63) is 72.1 Å². The van der Waals surface area contributed by atoms with E-state index in [1.807, 2.05) is 93.5 Å². The third-order valence-electron chi connectivity index (χ3n) is 4.63. The van der Waals surface area contributed by atoms with Gasteiger partial charge in [-0.25, -0.2) is 9.97 Å². The van der Waals surface area contributed by atoms with Crippen molar-refractivity contribution in [2.24, 2.45) is 0 Å². The van der Waals surface area contributed by atoms with Crippen LogP contribution in [0, 0.1) is 6.92 Å². The highest BCUT2D eigenvalue weighted by atomic mass is 16.1. The van der Waals surface area contributed by atoms with Gasteiger partial charge in [-0.3, -0.25) is 4.79 Å². The van der Waals surface area contributed by atoms with E-state index >= 15 is 0 Å². The number of nitrogens with one attached hydrogen (secondary N) is 2. The summed E-state index contributed by atoms with van der Waals surface area (Å²) >= 11 is 0. The molecule has 1 amide bonds. The molecule has 2 N–H and O–H groups in total. The first-order valence-corrected chi connectivity index (χ1v) is 9.72. The predicted molar refractivity (Wildman–Crippen MR) is 119 cm³/mol. The van der Waals surface area contributed by atoms with E-state index in [9.17, 15) is 4.79 Å². The normalized spacial score (nSPS) is 11.6. The third-order valence-corrected chi connectivity index (χ3v) is 4.63.